The van der Waals surface area contributed by atoms with Gasteiger partial charge >= 0.3 is 17.9 Å². The molecule has 9 unspecified atom stereocenters. The number of carbonyl (C=O) groups is 4. The van der Waals surface area contributed by atoms with E-state index in [0.717, 1.165) is 0 Å². The molecule has 1 N–H and O–H groups in total. The van der Waals surface area contributed by atoms with Gasteiger partial charge in [-0.2, -0.15) is 0 Å². The molecule has 4 fully saturated rings. The molecule has 6 rings (SSSR count). The third-order valence-electron chi connectivity index (χ3n) is 10.8. The van der Waals surface area contributed by atoms with Crippen LogP contribution in [0.4, 0.5) is 0 Å². The van der Waals surface area contributed by atoms with E-state index in [9.17, 15) is 24.3 Å². The van der Waals surface area contributed by atoms with Gasteiger partial charge in [0.05, 0.1) is 37.9 Å². The van der Waals surface area contributed by atoms with Crippen LogP contribution in [0.1, 0.15) is 65.5 Å². The van der Waals surface area contributed by atoms with Crippen molar-refractivity contribution in [3.8, 4) is 0 Å². The number of fused-ring (bicyclic) bond motifs is 5. The number of hydrogen-bond acceptors (Lipinski definition) is 10. The van der Waals surface area contributed by atoms with E-state index in [1.54, 1.807) is 40.0 Å². The Morgan fingerprint density at radius 2 is 1.93 bits per heavy atom. The molecule has 5 aliphatic rings. The summed E-state index contributed by atoms with van der Waals surface area (Å²) in [4.78, 5) is 53.3. The van der Waals surface area contributed by atoms with Crippen LogP contribution in [0.3, 0.4) is 0 Å². The van der Waals surface area contributed by atoms with Gasteiger partial charge in [0, 0.05) is 28.4 Å². The molecule has 2 saturated heterocycles. The van der Waals surface area contributed by atoms with Crippen LogP contribution >= 0.6 is 0 Å². The highest BCUT2D eigenvalue weighted by Crippen LogP contribution is 2.77. The van der Waals surface area contributed by atoms with Crippen LogP contribution in [0, 0.1) is 28.1 Å². The van der Waals surface area contributed by atoms with Gasteiger partial charge in [0.2, 0.25) is 0 Å². The maximum Gasteiger partial charge on any atom is 0.330 e. The normalized spacial score (nSPS) is 43.7. The molecule has 3 heterocycles. The number of esters is 3. The lowest BCUT2D eigenvalue weighted by atomic mass is 9.39. The fourth-order valence-electron chi connectivity index (χ4n) is 9.00. The van der Waals surface area contributed by atoms with Crippen molar-refractivity contribution in [2.75, 3.05) is 7.11 Å². The zero-order valence-corrected chi connectivity index (χ0v) is 24.1. The van der Waals surface area contributed by atoms with Gasteiger partial charge in [-0.05, 0) is 37.8 Å². The fraction of sp³-hybridized carbons (Fsp3) is 0.613. The van der Waals surface area contributed by atoms with Gasteiger partial charge in [0.1, 0.15) is 23.9 Å². The van der Waals surface area contributed by atoms with Crippen LogP contribution in [-0.2, 0) is 38.1 Å². The number of methoxy groups -OCH3 is 1. The van der Waals surface area contributed by atoms with Crippen molar-refractivity contribution in [2.45, 2.75) is 83.4 Å². The predicted octanol–water partition coefficient (Wildman–Crippen LogP) is 3.38. The van der Waals surface area contributed by atoms with Gasteiger partial charge in [-0.25, -0.2) is 4.79 Å². The van der Waals surface area contributed by atoms with Crippen molar-refractivity contribution in [1.82, 2.24) is 0 Å². The summed E-state index contributed by atoms with van der Waals surface area (Å²) in [6.07, 6.45) is 5.04. The molecule has 1 spiro atoms. The minimum Gasteiger partial charge on any atom is -0.472 e. The number of rotatable bonds is 5. The highest BCUT2D eigenvalue weighted by Gasteiger charge is 2.89. The highest BCUT2D eigenvalue weighted by molar-refractivity contribution is 6.02. The molecule has 2 bridgehead atoms. The minimum atomic E-state index is -2.23. The summed E-state index contributed by atoms with van der Waals surface area (Å²) < 4.78 is 28.6. The summed E-state index contributed by atoms with van der Waals surface area (Å²) in [5.41, 5.74) is -5.18. The molecule has 0 amide bonds. The van der Waals surface area contributed by atoms with Crippen molar-refractivity contribution in [1.29, 1.82) is 0 Å². The molecule has 2 aliphatic heterocycles. The molecule has 41 heavy (non-hydrogen) atoms. The molecule has 0 aromatic carbocycles. The Labute approximate surface area is 238 Å². The topological polar surface area (TPSA) is 142 Å². The molecule has 10 heteroatoms. The van der Waals surface area contributed by atoms with Crippen LogP contribution in [-0.4, -0.2) is 59.3 Å². The first-order chi connectivity index (χ1) is 19.2. The fourth-order valence-corrected chi connectivity index (χ4v) is 9.00. The Kier molecular flexibility index (Phi) is 5.88. The Bertz CT molecular complexity index is 1390. The van der Waals surface area contributed by atoms with Gasteiger partial charge in [-0.3, -0.25) is 14.4 Å². The Morgan fingerprint density at radius 1 is 1.20 bits per heavy atom. The molecule has 0 radical (unpaired) electrons. The third-order valence-corrected chi connectivity index (χ3v) is 10.8. The SMILES string of the molecule is CC=CC(=O)OC1C(C)(C)C(CC(=O)OC)C2(C)C(=O)C1(O)C1OC13C2=CCC1(C)C(c2ccoc2)OC(=O)CC13. The predicted molar refractivity (Wildman–Crippen MR) is 141 cm³/mol. The first kappa shape index (κ1) is 27.9. The highest BCUT2D eigenvalue weighted by atomic mass is 16.6. The molecule has 10 nitrogen and oxygen atoms in total. The summed E-state index contributed by atoms with van der Waals surface area (Å²) in [6.45, 7) is 8.99. The molecular formula is C31H36O10. The standard InChI is InChI=1S/C31H36O10/c1-7-8-20(32)40-25-27(2,3)18(13-21(33)37-6)29(5)17-9-11-28(4)19(31(17)26(41-31)30(25,36)24(29)35)14-22(34)39-23(28)16-10-12-38-15-16/h7-10,12,15,18-19,23,25-26,36H,11,13-14H2,1-6H3. The lowest BCUT2D eigenvalue weighted by Gasteiger charge is -2.64. The first-order valence-electron chi connectivity index (χ1n) is 14.0. The van der Waals surface area contributed by atoms with Crippen molar-refractivity contribution in [2.24, 2.45) is 28.1 Å². The van der Waals surface area contributed by atoms with Crippen LogP contribution in [0.15, 0.2) is 46.8 Å². The van der Waals surface area contributed by atoms with Gasteiger partial charge < -0.3 is 28.5 Å². The van der Waals surface area contributed by atoms with Gasteiger partial charge in [-0.1, -0.05) is 32.9 Å². The van der Waals surface area contributed by atoms with Crippen LogP contribution in [0.2, 0.25) is 0 Å². The number of allylic oxidation sites excluding steroid dienone is 2. The second-order valence-electron chi connectivity index (χ2n) is 13.1. The second kappa shape index (κ2) is 8.64. The van der Waals surface area contributed by atoms with Crippen LogP contribution in [0.5, 0.6) is 0 Å². The van der Waals surface area contributed by atoms with E-state index < -0.39 is 81.3 Å². The van der Waals surface area contributed by atoms with Crippen molar-refractivity contribution >= 4 is 23.7 Å². The number of cyclic esters (lactones) is 1. The number of epoxide rings is 1. The number of furan rings is 1. The first-order valence-corrected chi connectivity index (χ1v) is 14.0. The molecule has 2 saturated carbocycles. The Balaban J connectivity index is 1.56. The van der Waals surface area contributed by atoms with E-state index >= 15 is 0 Å². The molecule has 1 aromatic heterocycles. The lowest BCUT2D eigenvalue weighted by Crippen LogP contribution is -2.78. The van der Waals surface area contributed by atoms with Crippen LogP contribution < -0.4 is 0 Å². The van der Waals surface area contributed by atoms with Crippen molar-refractivity contribution < 1.29 is 47.6 Å². The van der Waals surface area contributed by atoms with E-state index in [0.29, 0.717) is 17.6 Å². The van der Waals surface area contributed by atoms with E-state index in [-0.39, 0.29) is 12.8 Å². The maximum atomic E-state index is 14.6. The van der Waals surface area contributed by atoms with Crippen molar-refractivity contribution in [3.63, 3.8) is 0 Å². The summed E-state index contributed by atoms with van der Waals surface area (Å²) in [5, 5.41) is 12.5. The lowest BCUT2D eigenvalue weighted by molar-refractivity contribution is -0.226. The molecule has 3 aliphatic carbocycles. The number of ether oxygens (including phenoxy) is 4. The summed E-state index contributed by atoms with van der Waals surface area (Å²) in [7, 11) is 1.28. The molecule has 220 valence electrons. The smallest absolute Gasteiger partial charge is 0.330 e. The summed E-state index contributed by atoms with van der Waals surface area (Å²) in [6, 6.07) is 1.76. The summed E-state index contributed by atoms with van der Waals surface area (Å²) in [5.74, 6) is -3.45. The molecular weight excluding hydrogens is 532 g/mol. The monoisotopic (exact) mass is 568 g/mol. The van der Waals surface area contributed by atoms with E-state index in [2.05, 4.69) is 0 Å². The number of Topliss-reactive ketones (excluding diaryl/α,β-unsaturated/α-hetero) is 1. The largest absolute Gasteiger partial charge is 0.472 e. The summed E-state index contributed by atoms with van der Waals surface area (Å²) >= 11 is 0. The van der Waals surface area contributed by atoms with Gasteiger partial charge in [0.15, 0.2) is 11.4 Å². The number of aliphatic hydroxyl groups is 1. The second-order valence-corrected chi connectivity index (χ2v) is 13.1. The average molecular weight is 569 g/mol. The molecule has 9 atom stereocenters. The number of carbonyl (C=O) groups excluding carboxylic acids is 4. The van der Waals surface area contributed by atoms with E-state index in [4.69, 9.17) is 23.4 Å². The Morgan fingerprint density at radius 3 is 2.56 bits per heavy atom. The minimum absolute atomic E-state index is 0.00707. The van der Waals surface area contributed by atoms with Crippen LogP contribution in [0.25, 0.3) is 0 Å². The quantitative estimate of drug-likeness (QED) is 0.185. The number of hydrogen-bond donors (Lipinski definition) is 1. The average Bonchev–Trinajstić information content (AvgIpc) is 3.41. The Hall–Kier alpha value is -3.24. The van der Waals surface area contributed by atoms with Crippen molar-refractivity contribution in [3.05, 3.63) is 48.0 Å². The zero-order chi connectivity index (χ0) is 29.8. The third kappa shape index (κ3) is 3.31. The number of ketones is 1. The van der Waals surface area contributed by atoms with E-state index in [1.165, 1.54) is 25.5 Å². The van der Waals surface area contributed by atoms with Gasteiger partial charge in [0.25, 0.3) is 0 Å². The maximum absolute atomic E-state index is 14.6. The van der Waals surface area contributed by atoms with Gasteiger partial charge in [-0.15, -0.1) is 0 Å². The zero-order valence-electron chi connectivity index (χ0n) is 24.1. The van der Waals surface area contributed by atoms with E-state index in [1.807, 2.05) is 13.0 Å². The molecule has 1 aromatic rings.